The third-order valence-corrected chi connectivity index (χ3v) is 5.19. The van der Waals surface area contributed by atoms with E-state index in [2.05, 4.69) is 20.8 Å². The normalized spacial score (nSPS) is 17.2. The molecule has 0 atom stereocenters. The Hall–Kier alpha value is -0.100. The van der Waals surface area contributed by atoms with E-state index in [1.807, 2.05) is 17.2 Å². The highest BCUT2D eigenvalue weighted by Gasteiger charge is 2.24. The Morgan fingerprint density at radius 3 is 2.61 bits per heavy atom. The van der Waals surface area contributed by atoms with Crippen molar-refractivity contribution in [3.8, 4) is 0 Å². The summed E-state index contributed by atoms with van der Waals surface area (Å²) >= 11 is 11.0. The second-order valence-electron chi connectivity index (χ2n) is 4.38. The van der Waals surface area contributed by atoms with Gasteiger partial charge in [0.25, 0.3) is 5.91 Å². The van der Waals surface area contributed by atoms with Crippen molar-refractivity contribution in [3.63, 3.8) is 0 Å². The molecule has 0 aromatic carbocycles. The molecule has 0 unspecified atom stereocenters. The van der Waals surface area contributed by atoms with E-state index in [0.29, 0.717) is 9.90 Å². The molecule has 100 valence electrons. The summed E-state index contributed by atoms with van der Waals surface area (Å²) in [4.78, 5) is 17.3. The Bertz CT molecular complexity index is 430. The number of hydrogen-bond acceptors (Lipinski definition) is 3. The summed E-state index contributed by atoms with van der Waals surface area (Å²) in [5.74, 6) is 0.0802. The molecule has 0 aliphatic carbocycles. The van der Waals surface area contributed by atoms with Crippen LogP contribution >= 0.6 is 38.9 Å². The van der Waals surface area contributed by atoms with Crippen molar-refractivity contribution in [2.24, 2.45) is 0 Å². The van der Waals surface area contributed by atoms with Gasteiger partial charge in [-0.1, -0.05) is 27.5 Å². The van der Waals surface area contributed by atoms with Crippen LogP contribution in [0.15, 0.2) is 5.38 Å². The number of amides is 1. The van der Waals surface area contributed by atoms with E-state index in [0.717, 1.165) is 43.6 Å². The highest BCUT2D eigenvalue weighted by atomic mass is 79.9. The zero-order valence-corrected chi connectivity index (χ0v) is 13.4. The lowest BCUT2D eigenvalue weighted by atomic mass is 10.2. The fourth-order valence-corrected chi connectivity index (χ4v) is 3.75. The number of carbonyl (C=O) groups excluding carboxylic acids is 1. The molecule has 18 heavy (non-hydrogen) atoms. The third-order valence-electron chi connectivity index (χ3n) is 3.15. The van der Waals surface area contributed by atoms with Gasteiger partial charge in [0.2, 0.25) is 0 Å². The fraction of sp³-hybridized carbons (Fsp3) is 0.583. The topological polar surface area (TPSA) is 23.6 Å². The molecule has 1 aliphatic rings. The molecular formula is C12H16BrClN2OS. The third kappa shape index (κ3) is 3.07. The van der Waals surface area contributed by atoms with Gasteiger partial charge in [-0.15, -0.1) is 11.3 Å². The van der Waals surface area contributed by atoms with Crippen molar-refractivity contribution in [1.29, 1.82) is 0 Å². The lowest BCUT2D eigenvalue weighted by Crippen LogP contribution is -2.49. The maximum Gasteiger partial charge on any atom is 0.265 e. The Labute approximate surface area is 125 Å². The van der Waals surface area contributed by atoms with Gasteiger partial charge in [0.1, 0.15) is 4.88 Å². The van der Waals surface area contributed by atoms with Crippen LogP contribution in [0.4, 0.5) is 0 Å². The first-order valence-electron chi connectivity index (χ1n) is 5.94. The minimum Gasteiger partial charge on any atom is -0.335 e. The van der Waals surface area contributed by atoms with Gasteiger partial charge in [0.15, 0.2) is 0 Å². The van der Waals surface area contributed by atoms with Gasteiger partial charge >= 0.3 is 0 Å². The van der Waals surface area contributed by atoms with E-state index in [4.69, 9.17) is 11.6 Å². The Balaban J connectivity index is 1.97. The fourth-order valence-electron chi connectivity index (χ4n) is 2.01. The molecule has 1 saturated heterocycles. The number of rotatable bonds is 3. The molecule has 1 aromatic rings. The number of alkyl halides is 1. The number of piperazine rings is 1. The van der Waals surface area contributed by atoms with Gasteiger partial charge in [0, 0.05) is 38.1 Å². The summed E-state index contributed by atoms with van der Waals surface area (Å²) in [6, 6.07) is 0. The Morgan fingerprint density at radius 2 is 2.11 bits per heavy atom. The summed E-state index contributed by atoms with van der Waals surface area (Å²) in [6.45, 7) is 6.45. The molecule has 1 amide bonds. The number of nitrogens with zero attached hydrogens (tertiary/aromatic N) is 2. The molecular weight excluding hydrogens is 336 g/mol. The number of hydrogen-bond donors (Lipinski definition) is 0. The first kappa shape index (κ1) is 14.3. The number of carbonyl (C=O) groups is 1. The molecule has 0 spiro atoms. The number of aryl methyl sites for hydroxylation is 1. The van der Waals surface area contributed by atoms with Gasteiger partial charge in [-0.2, -0.15) is 0 Å². The molecule has 0 bridgehead atoms. The zero-order valence-electron chi connectivity index (χ0n) is 10.3. The predicted molar refractivity (Wildman–Crippen MR) is 80.2 cm³/mol. The number of thiophene rings is 1. The van der Waals surface area contributed by atoms with Crippen molar-refractivity contribution in [2.45, 2.75) is 6.92 Å². The standard InChI is InChI=1S/C12H16BrClN2OS/c1-9-8-18-11(10(9)14)12(17)16-6-4-15(3-2-13)5-7-16/h8H,2-7H2,1H3. The van der Waals surface area contributed by atoms with E-state index in [9.17, 15) is 4.79 Å². The first-order valence-corrected chi connectivity index (χ1v) is 8.32. The Morgan fingerprint density at radius 1 is 1.44 bits per heavy atom. The summed E-state index contributed by atoms with van der Waals surface area (Å²) < 4.78 is 0. The van der Waals surface area contributed by atoms with Crippen molar-refractivity contribution in [3.05, 3.63) is 20.8 Å². The van der Waals surface area contributed by atoms with Gasteiger partial charge in [0.05, 0.1) is 5.02 Å². The largest absolute Gasteiger partial charge is 0.335 e. The lowest BCUT2D eigenvalue weighted by Gasteiger charge is -2.34. The highest BCUT2D eigenvalue weighted by molar-refractivity contribution is 9.09. The molecule has 0 saturated carbocycles. The van der Waals surface area contributed by atoms with Crippen molar-refractivity contribution in [2.75, 3.05) is 38.1 Å². The average molecular weight is 352 g/mol. The van der Waals surface area contributed by atoms with Crippen molar-refractivity contribution in [1.82, 2.24) is 9.80 Å². The molecule has 1 fully saturated rings. The van der Waals surface area contributed by atoms with Gasteiger partial charge in [-0.3, -0.25) is 9.69 Å². The molecule has 3 nitrogen and oxygen atoms in total. The summed E-state index contributed by atoms with van der Waals surface area (Å²) in [7, 11) is 0. The Kier molecular flexibility index (Phi) is 5.06. The summed E-state index contributed by atoms with van der Waals surface area (Å²) in [6.07, 6.45) is 0. The smallest absolute Gasteiger partial charge is 0.265 e. The molecule has 2 rings (SSSR count). The van der Waals surface area contributed by atoms with Crippen LogP contribution in [0.1, 0.15) is 15.2 Å². The molecule has 1 aliphatic heterocycles. The maximum absolute atomic E-state index is 12.3. The number of halogens is 2. The van der Waals surface area contributed by atoms with Gasteiger partial charge < -0.3 is 4.90 Å². The minimum absolute atomic E-state index is 0.0802. The SMILES string of the molecule is Cc1csc(C(=O)N2CCN(CCBr)CC2)c1Cl. The lowest BCUT2D eigenvalue weighted by molar-refractivity contribution is 0.0650. The highest BCUT2D eigenvalue weighted by Crippen LogP contribution is 2.28. The molecule has 2 heterocycles. The van der Waals surface area contributed by atoms with E-state index in [1.165, 1.54) is 11.3 Å². The van der Waals surface area contributed by atoms with Crippen LogP contribution < -0.4 is 0 Å². The van der Waals surface area contributed by atoms with E-state index in [-0.39, 0.29) is 5.91 Å². The predicted octanol–water partition coefficient (Wildman–Crippen LogP) is 2.86. The van der Waals surface area contributed by atoms with Crippen molar-refractivity contribution < 1.29 is 4.79 Å². The van der Waals surface area contributed by atoms with Crippen LogP contribution in [0.25, 0.3) is 0 Å². The monoisotopic (exact) mass is 350 g/mol. The summed E-state index contributed by atoms with van der Waals surface area (Å²) in [5.41, 5.74) is 0.989. The van der Waals surface area contributed by atoms with Crippen molar-refractivity contribution >= 4 is 44.8 Å². The average Bonchev–Trinajstić information content (AvgIpc) is 2.71. The second-order valence-corrected chi connectivity index (χ2v) is 6.44. The van der Waals surface area contributed by atoms with Crippen LogP contribution in [-0.2, 0) is 0 Å². The zero-order chi connectivity index (χ0) is 13.1. The van der Waals surface area contributed by atoms with Gasteiger partial charge in [-0.05, 0) is 17.9 Å². The van der Waals surface area contributed by atoms with Crippen LogP contribution in [0.2, 0.25) is 5.02 Å². The quantitative estimate of drug-likeness (QED) is 0.782. The molecule has 0 radical (unpaired) electrons. The van der Waals surface area contributed by atoms with Gasteiger partial charge in [-0.25, -0.2) is 0 Å². The maximum atomic E-state index is 12.3. The molecule has 6 heteroatoms. The second kappa shape index (κ2) is 6.37. The first-order chi connectivity index (χ1) is 8.63. The molecule has 0 N–H and O–H groups in total. The van der Waals surface area contributed by atoms with Crippen LogP contribution in [-0.4, -0.2) is 53.8 Å². The minimum atomic E-state index is 0.0802. The van der Waals surface area contributed by atoms with E-state index in [1.54, 1.807) is 0 Å². The van der Waals surface area contributed by atoms with E-state index < -0.39 is 0 Å². The van der Waals surface area contributed by atoms with Crippen LogP contribution in [0.3, 0.4) is 0 Å². The molecule has 1 aromatic heterocycles. The van der Waals surface area contributed by atoms with E-state index >= 15 is 0 Å². The van der Waals surface area contributed by atoms with Crippen LogP contribution in [0.5, 0.6) is 0 Å². The summed E-state index contributed by atoms with van der Waals surface area (Å²) in [5, 5.41) is 3.54. The van der Waals surface area contributed by atoms with Crippen LogP contribution in [0, 0.1) is 6.92 Å².